The van der Waals surface area contributed by atoms with Gasteiger partial charge in [-0.3, -0.25) is 0 Å². The Kier molecular flexibility index (Phi) is 8.49. The summed E-state index contributed by atoms with van der Waals surface area (Å²) in [5.41, 5.74) is 4.36. The van der Waals surface area contributed by atoms with Gasteiger partial charge in [0.25, 0.3) is 0 Å². The molecule has 1 saturated heterocycles. The van der Waals surface area contributed by atoms with Gasteiger partial charge in [0.05, 0.1) is 18.4 Å². The van der Waals surface area contributed by atoms with Crippen molar-refractivity contribution < 1.29 is 14.6 Å². The Morgan fingerprint density at radius 1 is 0.912 bits per heavy atom. The SMILES string of the molecule is COc1ccc(C)cc1.Cc1ccc(Cl)cc1N1CCN(c2ccc(N=O)cc2C(=O)O)CC1. The van der Waals surface area contributed by atoms with Crippen molar-refractivity contribution >= 4 is 34.6 Å². The van der Waals surface area contributed by atoms with Gasteiger partial charge in [-0.1, -0.05) is 35.4 Å². The molecule has 4 rings (SSSR count). The summed E-state index contributed by atoms with van der Waals surface area (Å²) in [6, 6.07) is 18.3. The molecule has 0 bridgehead atoms. The Balaban J connectivity index is 0.000000302. The third-order valence-corrected chi connectivity index (χ3v) is 5.94. The van der Waals surface area contributed by atoms with Gasteiger partial charge in [-0.15, -0.1) is 4.91 Å². The number of halogens is 1. The lowest BCUT2D eigenvalue weighted by molar-refractivity contribution is 0.0697. The Labute approximate surface area is 204 Å². The zero-order valence-electron chi connectivity index (χ0n) is 19.5. The van der Waals surface area contributed by atoms with Crippen LogP contribution in [0.4, 0.5) is 17.1 Å². The maximum Gasteiger partial charge on any atom is 0.337 e. The molecule has 178 valence electrons. The molecule has 8 heteroatoms. The van der Waals surface area contributed by atoms with Crippen molar-refractivity contribution in [2.24, 2.45) is 5.18 Å². The lowest BCUT2D eigenvalue weighted by Gasteiger charge is -2.38. The van der Waals surface area contributed by atoms with Crippen molar-refractivity contribution in [3.8, 4) is 5.75 Å². The normalized spacial score (nSPS) is 13.1. The van der Waals surface area contributed by atoms with E-state index in [4.69, 9.17) is 16.3 Å². The quantitative estimate of drug-likeness (QED) is 0.445. The first kappa shape index (κ1) is 25.1. The highest BCUT2D eigenvalue weighted by Crippen LogP contribution is 2.29. The minimum absolute atomic E-state index is 0.101. The van der Waals surface area contributed by atoms with Gasteiger partial charge in [-0.25, -0.2) is 4.79 Å². The van der Waals surface area contributed by atoms with Crippen LogP contribution in [-0.4, -0.2) is 44.4 Å². The van der Waals surface area contributed by atoms with E-state index in [1.54, 1.807) is 19.2 Å². The Morgan fingerprint density at radius 2 is 1.53 bits per heavy atom. The number of nitroso groups, excluding NO2 is 1. The lowest BCUT2D eigenvalue weighted by Crippen LogP contribution is -2.47. The van der Waals surface area contributed by atoms with Crippen molar-refractivity contribution in [2.45, 2.75) is 13.8 Å². The first-order valence-electron chi connectivity index (χ1n) is 10.9. The number of carbonyl (C=O) groups is 1. The highest BCUT2D eigenvalue weighted by atomic mass is 35.5. The van der Waals surface area contributed by atoms with Crippen LogP contribution in [-0.2, 0) is 0 Å². The molecule has 1 aliphatic rings. The monoisotopic (exact) mass is 481 g/mol. The highest BCUT2D eigenvalue weighted by molar-refractivity contribution is 6.30. The fourth-order valence-electron chi connectivity index (χ4n) is 3.81. The van der Waals surface area contributed by atoms with Crippen molar-refractivity contribution in [3.63, 3.8) is 0 Å². The molecule has 0 aromatic heterocycles. The number of hydrogen-bond donors (Lipinski definition) is 1. The number of nitrogens with zero attached hydrogens (tertiary/aromatic N) is 3. The molecule has 1 heterocycles. The fraction of sp³-hybridized carbons (Fsp3) is 0.269. The number of carboxylic acids is 1. The molecule has 0 saturated carbocycles. The van der Waals surface area contributed by atoms with Crippen molar-refractivity contribution in [1.29, 1.82) is 0 Å². The smallest absolute Gasteiger partial charge is 0.337 e. The predicted octanol–water partition coefficient (Wildman–Crippen LogP) is 6.07. The van der Waals surface area contributed by atoms with Crippen LogP contribution in [0.15, 0.2) is 65.8 Å². The molecule has 7 nitrogen and oxygen atoms in total. The van der Waals surface area contributed by atoms with Crippen LogP contribution >= 0.6 is 11.6 Å². The number of rotatable bonds is 5. The zero-order chi connectivity index (χ0) is 24.7. The van der Waals surface area contributed by atoms with Crippen LogP contribution in [0.1, 0.15) is 21.5 Å². The van der Waals surface area contributed by atoms with Crippen LogP contribution in [0.3, 0.4) is 0 Å². The zero-order valence-corrected chi connectivity index (χ0v) is 20.2. The number of aryl methyl sites for hydroxylation is 2. The molecule has 0 unspecified atom stereocenters. The van der Waals surface area contributed by atoms with Gasteiger partial charge >= 0.3 is 5.97 Å². The summed E-state index contributed by atoms with van der Waals surface area (Å²) < 4.78 is 4.97. The molecule has 0 radical (unpaired) electrons. The number of aromatic carboxylic acids is 1. The molecule has 0 atom stereocenters. The first-order valence-corrected chi connectivity index (χ1v) is 11.3. The maximum absolute atomic E-state index is 11.5. The second kappa shape index (κ2) is 11.5. The van der Waals surface area contributed by atoms with Gasteiger partial charge in [0.15, 0.2) is 0 Å². The van der Waals surface area contributed by atoms with Gasteiger partial charge in [0, 0.05) is 36.9 Å². The molecule has 0 amide bonds. The van der Waals surface area contributed by atoms with Gasteiger partial charge in [-0.05, 0) is 67.1 Å². The minimum Gasteiger partial charge on any atom is -0.497 e. The summed E-state index contributed by atoms with van der Waals surface area (Å²) in [5, 5.41) is 12.9. The topological polar surface area (TPSA) is 82.4 Å². The third-order valence-electron chi connectivity index (χ3n) is 5.70. The number of carboxylic acid groups (broad SMARTS) is 1. The van der Waals surface area contributed by atoms with Crippen molar-refractivity contribution in [2.75, 3.05) is 43.1 Å². The molecular weight excluding hydrogens is 454 g/mol. The van der Waals surface area contributed by atoms with Crippen LogP contribution in [0.5, 0.6) is 5.75 Å². The summed E-state index contributed by atoms with van der Waals surface area (Å²) in [4.78, 5) is 26.4. The van der Waals surface area contributed by atoms with Crippen molar-refractivity contribution in [1.82, 2.24) is 0 Å². The molecule has 0 spiro atoms. The minimum atomic E-state index is -1.06. The van der Waals surface area contributed by atoms with E-state index in [0.717, 1.165) is 30.1 Å². The van der Waals surface area contributed by atoms with Crippen LogP contribution in [0.25, 0.3) is 0 Å². The van der Waals surface area contributed by atoms with E-state index < -0.39 is 5.97 Å². The number of methoxy groups -OCH3 is 1. The molecule has 3 aromatic carbocycles. The Morgan fingerprint density at radius 3 is 2.09 bits per heavy atom. The van der Waals surface area contributed by atoms with Gasteiger partial charge < -0.3 is 19.6 Å². The molecule has 1 fully saturated rings. The number of ether oxygens (including phenoxy) is 1. The van der Waals surface area contributed by atoms with E-state index in [9.17, 15) is 14.8 Å². The lowest BCUT2D eigenvalue weighted by atomic mass is 10.1. The molecule has 3 aromatic rings. The first-order chi connectivity index (χ1) is 16.3. The maximum atomic E-state index is 11.5. The van der Waals surface area contributed by atoms with E-state index in [-0.39, 0.29) is 11.3 Å². The third kappa shape index (κ3) is 6.26. The number of piperazine rings is 1. The summed E-state index contributed by atoms with van der Waals surface area (Å²) in [7, 11) is 1.67. The van der Waals surface area contributed by atoms with Gasteiger partial charge in [-0.2, -0.15) is 0 Å². The fourth-order valence-corrected chi connectivity index (χ4v) is 3.98. The number of anilines is 2. The number of hydrogen-bond acceptors (Lipinski definition) is 6. The van der Waals surface area contributed by atoms with Crippen LogP contribution < -0.4 is 14.5 Å². The van der Waals surface area contributed by atoms with Gasteiger partial charge in [0.2, 0.25) is 0 Å². The largest absolute Gasteiger partial charge is 0.497 e. The molecule has 1 aliphatic heterocycles. The average molecular weight is 482 g/mol. The highest BCUT2D eigenvalue weighted by Gasteiger charge is 2.23. The van der Waals surface area contributed by atoms with E-state index in [2.05, 4.69) is 17.0 Å². The second-order valence-corrected chi connectivity index (χ2v) is 8.46. The average Bonchev–Trinajstić information content (AvgIpc) is 2.86. The summed E-state index contributed by atoms with van der Waals surface area (Å²) in [6.45, 7) is 6.98. The van der Waals surface area contributed by atoms with E-state index >= 15 is 0 Å². The molecule has 0 aliphatic carbocycles. The van der Waals surface area contributed by atoms with E-state index in [1.807, 2.05) is 54.3 Å². The standard InChI is InChI=1S/C18H18ClN3O3.C8H10O/c1-12-2-3-13(19)10-17(12)22-8-6-21(7-9-22)16-5-4-14(20-25)11-15(16)18(23)24;1-7-3-5-8(9-2)6-4-7/h2-5,10-11H,6-9H2,1H3,(H,23,24);3-6H,1-2H3. The van der Waals surface area contributed by atoms with Crippen LogP contribution in [0, 0.1) is 18.8 Å². The van der Waals surface area contributed by atoms with Crippen molar-refractivity contribution in [3.05, 3.63) is 87.3 Å². The van der Waals surface area contributed by atoms with E-state index in [1.165, 1.54) is 11.6 Å². The predicted molar refractivity (Wildman–Crippen MR) is 137 cm³/mol. The van der Waals surface area contributed by atoms with Crippen LogP contribution in [0.2, 0.25) is 5.02 Å². The van der Waals surface area contributed by atoms with E-state index in [0.29, 0.717) is 23.8 Å². The van der Waals surface area contributed by atoms with Gasteiger partial charge in [0.1, 0.15) is 11.4 Å². The second-order valence-electron chi connectivity index (χ2n) is 8.02. The summed E-state index contributed by atoms with van der Waals surface area (Å²) in [6.07, 6.45) is 0. The summed E-state index contributed by atoms with van der Waals surface area (Å²) in [5.74, 6) is -0.144. The number of benzene rings is 3. The Hall–Kier alpha value is -3.58. The summed E-state index contributed by atoms with van der Waals surface area (Å²) >= 11 is 6.11. The molecule has 1 N–H and O–H groups in total. The molecular formula is C26H28ClN3O4. The molecule has 34 heavy (non-hydrogen) atoms. The Bertz CT molecular complexity index is 1140.